The van der Waals surface area contributed by atoms with Crippen LogP contribution in [0, 0.1) is 0 Å². The lowest BCUT2D eigenvalue weighted by molar-refractivity contribution is -0.124. The molecule has 144 valence electrons. The third-order valence-electron chi connectivity index (χ3n) is 4.03. The number of hydrogen-bond donors (Lipinski definition) is 1. The van der Waals surface area contributed by atoms with Crippen molar-refractivity contribution in [3.8, 4) is 0 Å². The van der Waals surface area contributed by atoms with Gasteiger partial charge in [0.1, 0.15) is 0 Å². The first kappa shape index (κ1) is 20.3. The fourth-order valence-electron chi connectivity index (χ4n) is 2.35. The number of rotatable bonds is 7. The van der Waals surface area contributed by atoms with E-state index in [4.69, 9.17) is 9.47 Å². The van der Waals surface area contributed by atoms with Crippen LogP contribution in [0.1, 0.15) is 30.6 Å². The molecule has 0 saturated carbocycles. The van der Waals surface area contributed by atoms with Crippen LogP contribution >= 0.6 is 0 Å². The molecule has 1 heterocycles. The molecule has 0 bridgehead atoms. The number of sulfonamides is 1. The van der Waals surface area contributed by atoms with Crippen LogP contribution in [0.3, 0.4) is 0 Å². The molecule has 1 N–H and O–H groups in total. The van der Waals surface area contributed by atoms with Crippen molar-refractivity contribution in [2.75, 3.05) is 32.9 Å². The van der Waals surface area contributed by atoms with Gasteiger partial charge in [-0.15, -0.1) is 0 Å². The van der Waals surface area contributed by atoms with Gasteiger partial charge in [-0.05, 0) is 31.5 Å². The van der Waals surface area contributed by atoms with Gasteiger partial charge in [0.15, 0.2) is 6.61 Å². The zero-order chi connectivity index (χ0) is 19.2. The SMILES string of the molecule is CC[C@H](C)NC(=O)COC(=O)c1cccc(S(=O)(=O)N2CCOCC2)c1. The van der Waals surface area contributed by atoms with E-state index in [1.54, 1.807) is 0 Å². The van der Waals surface area contributed by atoms with Crippen molar-refractivity contribution in [2.24, 2.45) is 0 Å². The fraction of sp³-hybridized carbons (Fsp3) is 0.529. The van der Waals surface area contributed by atoms with Gasteiger partial charge < -0.3 is 14.8 Å². The second-order valence-electron chi connectivity index (χ2n) is 6.00. The van der Waals surface area contributed by atoms with E-state index in [-0.39, 0.29) is 29.6 Å². The van der Waals surface area contributed by atoms with Crippen LogP contribution in [-0.4, -0.2) is 63.6 Å². The van der Waals surface area contributed by atoms with Crippen LogP contribution in [0.2, 0.25) is 0 Å². The van der Waals surface area contributed by atoms with Gasteiger partial charge in [0.25, 0.3) is 5.91 Å². The summed E-state index contributed by atoms with van der Waals surface area (Å²) < 4.78 is 36.7. The molecule has 1 aromatic carbocycles. The number of benzene rings is 1. The maximum atomic E-state index is 12.6. The van der Waals surface area contributed by atoms with Crippen molar-refractivity contribution in [3.05, 3.63) is 29.8 Å². The number of hydrogen-bond acceptors (Lipinski definition) is 6. The Bertz CT molecular complexity index is 743. The van der Waals surface area contributed by atoms with Crippen molar-refractivity contribution >= 4 is 21.9 Å². The molecule has 1 saturated heterocycles. The van der Waals surface area contributed by atoms with Gasteiger partial charge in [0.05, 0.1) is 23.7 Å². The smallest absolute Gasteiger partial charge is 0.338 e. The zero-order valence-corrected chi connectivity index (χ0v) is 15.8. The van der Waals surface area contributed by atoms with Crippen LogP contribution in [0.25, 0.3) is 0 Å². The molecule has 0 unspecified atom stereocenters. The fourth-order valence-corrected chi connectivity index (χ4v) is 3.81. The molecule has 26 heavy (non-hydrogen) atoms. The van der Waals surface area contributed by atoms with Crippen LogP contribution < -0.4 is 5.32 Å². The minimum atomic E-state index is -3.70. The maximum absolute atomic E-state index is 12.6. The lowest BCUT2D eigenvalue weighted by Gasteiger charge is -2.26. The number of carbonyl (C=O) groups excluding carboxylic acids is 2. The average Bonchev–Trinajstić information content (AvgIpc) is 2.66. The summed E-state index contributed by atoms with van der Waals surface area (Å²) in [4.78, 5) is 23.8. The van der Waals surface area contributed by atoms with Crippen LogP contribution in [-0.2, 0) is 24.3 Å². The molecule has 1 aliphatic rings. The number of ether oxygens (including phenoxy) is 2. The van der Waals surface area contributed by atoms with Gasteiger partial charge >= 0.3 is 5.97 Å². The number of carbonyl (C=O) groups is 2. The van der Waals surface area contributed by atoms with E-state index in [1.165, 1.54) is 28.6 Å². The Morgan fingerprint density at radius 3 is 2.65 bits per heavy atom. The number of esters is 1. The third-order valence-corrected chi connectivity index (χ3v) is 5.93. The van der Waals surface area contributed by atoms with E-state index in [1.807, 2.05) is 13.8 Å². The van der Waals surface area contributed by atoms with E-state index in [2.05, 4.69) is 5.32 Å². The lowest BCUT2D eigenvalue weighted by atomic mass is 10.2. The summed E-state index contributed by atoms with van der Waals surface area (Å²) in [6.45, 7) is 4.58. The van der Waals surface area contributed by atoms with Gasteiger partial charge in [0.2, 0.25) is 10.0 Å². The second kappa shape index (κ2) is 9.11. The highest BCUT2D eigenvalue weighted by Crippen LogP contribution is 2.18. The average molecular weight is 384 g/mol. The number of nitrogens with one attached hydrogen (secondary N) is 1. The molecule has 9 heteroatoms. The molecule has 8 nitrogen and oxygen atoms in total. The Kier molecular flexibility index (Phi) is 7.13. The summed E-state index contributed by atoms with van der Waals surface area (Å²) in [7, 11) is -3.70. The van der Waals surface area contributed by atoms with E-state index in [9.17, 15) is 18.0 Å². The predicted molar refractivity (Wildman–Crippen MR) is 94.2 cm³/mol. The Morgan fingerprint density at radius 2 is 2.00 bits per heavy atom. The Morgan fingerprint density at radius 1 is 1.31 bits per heavy atom. The highest BCUT2D eigenvalue weighted by molar-refractivity contribution is 7.89. The van der Waals surface area contributed by atoms with Crippen LogP contribution in [0.5, 0.6) is 0 Å². The van der Waals surface area contributed by atoms with Gasteiger partial charge in [-0.3, -0.25) is 4.79 Å². The quantitative estimate of drug-likeness (QED) is 0.697. The molecular formula is C17H24N2O6S. The van der Waals surface area contributed by atoms with Gasteiger partial charge in [-0.2, -0.15) is 4.31 Å². The number of morpholine rings is 1. The summed E-state index contributed by atoms with van der Waals surface area (Å²) in [5.74, 6) is -1.15. The minimum absolute atomic E-state index is 0.0109. The molecule has 2 rings (SSSR count). The van der Waals surface area contributed by atoms with Crippen molar-refractivity contribution in [1.29, 1.82) is 0 Å². The Hall–Kier alpha value is -1.97. The summed E-state index contributed by atoms with van der Waals surface area (Å²) >= 11 is 0. The molecule has 1 amide bonds. The molecule has 0 spiro atoms. The largest absolute Gasteiger partial charge is 0.452 e. The second-order valence-corrected chi connectivity index (χ2v) is 7.94. The topological polar surface area (TPSA) is 102 Å². The van der Waals surface area contributed by atoms with Gasteiger partial charge in [0, 0.05) is 19.1 Å². The summed E-state index contributed by atoms with van der Waals surface area (Å²) in [6.07, 6.45) is 0.765. The lowest BCUT2D eigenvalue weighted by Crippen LogP contribution is -2.40. The zero-order valence-electron chi connectivity index (χ0n) is 14.9. The molecule has 1 fully saturated rings. The first-order valence-electron chi connectivity index (χ1n) is 8.49. The first-order valence-corrected chi connectivity index (χ1v) is 9.93. The van der Waals surface area contributed by atoms with E-state index < -0.39 is 28.5 Å². The molecule has 1 aromatic rings. The Labute approximate surface area is 153 Å². The maximum Gasteiger partial charge on any atom is 0.338 e. The molecule has 0 radical (unpaired) electrons. The summed E-state index contributed by atoms with van der Waals surface area (Å²) in [6, 6.07) is 5.61. The van der Waals surface area contributed by atoms with E-state index in [0.717, 1.165) is 6.42 Å². The molecule has 0 aromatic heterocycles. The molecule has 0 aliphatic carbocycles. The molecular weight excluding hydrogens is 360 g/mol. The summed E-state index contributed by atoms with van der Waals surface area (Å²) in [5, 5.41) is 2.68. The standard InChI is InChI=1S/C17H24N2O6S/c1-3-13(2)18-16(20)12-25-17(21)14-5-4-6-15(11-14)26(22,23)19-7-9-24-10-8-19/h4-6,11,13H,3,7-10,12H2,1-2H3,(H,18,20)/t13-/m0/s1. The highest BCUT2D eigenvalue weighted by atomic mass is 32.2. The highest BCUT2D eigenvalue weighted by Gasteiger charge is 2.27. The number of amides is 1. The molecule has 1 aliphatic heterocycles. The predicted octanol–water partition coefficient (Wildman–Crippen LogP) is 0.779. The minimum Gasteiger partial charge on any atom is -0.452 e. The normalized spacial score (nSPS) is 16.7. The first-order chi connectivity index (χ1) is 12.3. The van der Waals surface area contributed by atoms with Crippen molar-refractivity contribution in [1.82, 2.24) is 9.62 Å². The van der Waals surface area contributed by atoms with Gasteiger partial charge in [-0.1, -0.05) is 13.0 Å². The van der Waals surface area contributed by atoms with E-state index >= 15 is 0 Å². The van der Waals surface area contributed by atoms with Crippen molar-refractivity contribution in [2.45, 2.75) is 31.2 Å². The summed E-state index contributed by atoms with van der Waals surface area (Å²) in [5.41, 5.74) is 0.0793. The van der Waals surface area contributed by atoms with Crippen LogP contribution in [0.15, 0.2) is 29.2 Å². The van der Waals surface area contributed by atoms with Crippen molar-refractivity contribution in [3.63, 3.8) is 0 Å². The van der Waals surface area contributed by atoms with Crippen molar-refractivity contribution < 1.29 is 27.5 Å². The van der Waals surface area contributed by atoms with Crippen LogP contribution in [0.4, 0.5) is 0 Å². The Balaban J connectivity index is 2.03. The third kappa shape index (κ3) is 5.26. The van der Waals surface area contributed by atoms with Gasteiger partial charge in [-0.25, -0.2) is 13.2 Å². The monoisotopic (exact) mass is 384 g/mol. The number of nitrogens with zero attached hydrogens (tertiary/aromatic N) is 1. The molecule has 1 atom stereocenters. The van der Waals surface area contributed by atoms with E-state index in [0.29, 0.717) is 13.2 Å².